The van der Waals surface area contributed by atoms with Crippen LogP contribution in [0, 0.1) is 41.2 Å². The Morgan fingerprint density at radius 3 is 2.83 bits per heavy atom. The number of hydrogen-bond donors (Lipinski definition) is 1. The second-order valence-corrected chi connectivity index (χ2v) is 13.2. The molecule has 0 amide bonds. The highest BCUT2D eigenvalue weighted by atomic mass is 19.1. The molecule has 0 radical (unpaired) electrons. The number of piperidine rings is 1. The van der Waals surface area contributed by atoms with Crippen LogP contribution in [-0.4, -0.2) is 75.1 Å². The van der Waals surface area contributed by atoms with E-state index in [4.69, 9.17) is 16.1 Å². The SMILES string of the molecule is C#Cc1c(F)ccc2cccc(-c3ncc4c(N5C[C@@H](CC#N)C[C@@](C)(O)C5)nc(OCC56CCCN5C[C@H](F)C6)nc4c3F)c12. The zero-order valence-corrected chi connectivity index (χ0v) is 25.4. The van der Waals surface area contributed by atoms with Gasteiger partial charge in [-0.25, -0.2) is 13.2 Å². The molecule has 3 aliphatic rings. The van der Waals surface area contributed by atoms with Crippen LogP contribution in [0.2, 0.25) is 0 Å². The lowest BCUT2D eigenvalue weighted by Gasteiger charge is -2.41. The minimum atomic E-state index is -1.13. The summed E-state index contributed by atoms with van der Waals surface area (Å²) in [5.41, 5.74) is -1.44. The first-order valence-electron chi connectivity index (χ1n) is 15.5. The van der Waals surface area contributed by atoms with Crippen molar-refractivity contribution in [3.8, 4) is 35.7 Å². The molecule has 0 bridgehead atoms. The normalized spacial score (nSPS) is 26.3. The molecule has 236 valence electrons. The van der Waals surface area contributed by atoms with E-state index < -0.39 is 28.9 Å². The number of halogens is 3. The molecule has 3 saturated heterocycles. The molecule has 46 heavy (non-hydrogen) atoms. The molecule has 0 saturated carbocycles. The Kier molecular flexibility index (Phi) is 7.50. The topological polar surface area (TPSA) is 98.4 Å². The van der Waals surface area contributed by atoms with Crippen LogP contribution in [0.25, 0.3) is 32.9 Å². The van der Waals surface area contributed by atoms with Crippen LogP contribution in [0.5, 0.6) is 6.01 Å². The minimum Gasteiger partial charge on any atom is -0.461 e. The largest absolute Gasteiger partial charge is 0.461 e. The maximum absolute atomic E-state index is 16.8. The first-order valence-corrected chi connectivity index (χ1v) is 15.5. The van der Waals surface area contributed by atoms with Gasteiger partial charge in [-0.2, -0.15) is 15.2 Å². The number of benzene rings is 2. The number of hydrogen-bond acceptors (Lipinski definition) is 8. The van der Waals surface area contributed by atoms with Crippen LogP contribution >= 0.6 is 0 Å². The number of nitrogens with zero attached hydrogens (tertiary/aromatic N) is 6. The van der Waals surface area contributed by atoms with Gasteiger partial charge < -0.3 is 14.7 Å². The van der Waals surface area contributed by atoms with Crippen molar-refractivity contribution in [2.24, 2.45) is 5.92 Å². The number of β-amino-alcohol motifs (C(OH)–C–C–N with tert-alkyl or cyclic N) is 1. The van der Waals surface area contributed by atoms with Crippen LogP contribution in [0.4, 0.5) is 19.0 Å². The number of fused-ring (bicyclic) bond motifs is 3. The fourth-order valence-electron chi connectivity index (χ4n) is 7.82. The third-order valence-corrected chi connectivity index (χ3v) is 9.69. The van der Waals surface area contributed by atoms with E-state index in [-0.39, 0.29) is 53.7 Å². The fraction of sp³-hybridized carbons (Fsp3) is 0.429. The second kappa shape index (κ2) is 11.4. The van der Waals surface area contributed by atoms with Crippen molar-refractivity contribution >= 4 is 27.5 Å². The summed E-state index contributed by atoms with van der Waals surface area (Å²) in [6.45, 7) is 3.55. The number of pyridine rings is 1. The molecule has 7 rings (SSSR count). The predicted octanol–water partition coefficient (Wildman–Crippen LogP) is 5.55. The molecule has 1 unspecified atom stereocenters. The second-order valence-electron chi connectivity index (χ2n) is 13.2. The van der Waals surface area contributed by atoms with Crippen molar-refractivity contribution in [1.82, 2.24) is 19.9 Å². The lowest BCUT2D eigenvalue weighted by molar-refractivity contribution is 0.0257. The molecule has 8 nitrogen and oxygen atoms in total. The molecule has 4 atom stereocenters. The molecule has 2 aromatic carbocycles. The first kappa shape index (κ1) is 30.2. The van der Waals surface area contributed by atoms with Gasteiger partial charge in [0.05, 0.1) is 28.2 Å². The molecule has 4 aromatic rings. The van der Waals surface area contributed by atoms with E-state index in [1.54, 1.807) is 31.2 Å². The van der Waals surface area contributed by atoms with E-state index >= 15 is 4.39 Å². The van der Waals surface area contributed by atoms with Gasteiger partial charge in [-0.1, -0.05) is 30.2 Å². The summed E-state index contributed by atoms with van der Waals surface area (Å²) in [5, 5.41) is 21.8. The van der Waals surface area contributed by atoms with Gasteiger partial charge in [0.1, 0.15) is 35.6 Å². The van der Waals surface area contributed by atoms with Gasteiger partial charge >= 0.3 is 6.01 Å². The molecular weight excluding hydrogens is 593 g/mol. The zero-order chi connectivity index (χ0) is 32.2. The van der Waals surface area contributed by atoms with Crippen molar-refractivity contribution in [1.29, 1.82) is 5.26 Å². The van der Waals surface area contributed by atoms with Crippen molar-refractivity contribution in [2.45, 2.75) is 56.3 Å². The van der Waals surface area contributed by atoms with Crippen LogP contribution in [0.15, 0.2) is 36.5 Å². The molecule has 3 aliphatic heterocycles. The number of rotatable bonds is 6. The van der Waals surface area contributed by atoms with Gasteiger partial charge in [-0.15, -0.1) is 6.42 Å². The average molecular weight is 627 g/mol. The van der Waals surface area contributed by atoms with Gasteiger partial charge in [0.25, 0.3) is 0 Å². The summed E-state index contributed by atoms with van der Waals surface area (Å²) in [5.74, 6) is 1.18. The van der Waals surface area contributed by atoms with Crippen LogP contribution in [-0.2, 0) is 0 Å². The molecule has 1 N–H and O–H groups in total. The smallest absolute Gasteiger partial charge is 0.319 e. The van der Waals surface area contributed by atoms with E-state index in [9.17, 15) is 19.1 Å². The van der Waals surface area contributed by atoms with E-state index in [1.165, 1.54) is 12.3 Å². The number of anilines is 1. The highest BCUT2D eigenvalue weighted by Gasteiger charge is 2.49. The van der Waals surface area contributed by atoms with Gasteiger partial charge in [0.2, 0.25) is 0 Å². The maximum atomic E-state index is 16.8. The third kappa shape index (κ3) is 5.18. The van der Waals surface area contributed by atoms with Gasteiger partial charge in [0.15, 0.2) is 5.82 Å². The summed E-state index contributed by atoms with van der Waals surface area (Å²) >= 11 is 0. The van der Waals surface area contributed by atoms with E-state index in [0.717, 1.165) is 19.4 Å². The lowest BCUT2D eigenvalue weighted by atomic mass is 9.85. The number of nitriles is 1. The molecule has 11 heteroatoms. The van der Waals surface area contributed by atoms with Gasteiger partial charge in [-0.05, 0) is 50.1 Å². The first-order chi connectivity index (χ1) is 22.1. The van der Waals surface area contributed by atoms with E-state index in [0.29, 0.717) is 48.1 Å². The number of aromatic nitrogens is 3. The molecule has 2 aromatic heterocycles. The predicted molar refractivity (Wildman–Crippen MR) is 168 cm³/mol. The molecule has 0 aliphatic carbocycles. The summed E-state index contributed by atoms with van der Waals surface area (Å²) in [7, 11) is 0. The standard InChI is InChI=1S/C35H33F3N6O2/c1-3-24-27(37)9-8-22-6-4-7-25(28(22)24)30-29(38)31-26(16-40-30)32(43-17-21(10-12-39)14-34(2,45)19-43)42-33(41-31)46-20-35-11-5-13-44(35)18-23(36)15-35/h1,4,6-9,16,21,23,45H,5,10-11,13-15,17-20H2,2H3/t21-,23+,34+,35?/m0/s1. The monoisotopic (exact) mass is 626 g/mol. The Hall–Kier alpha value is -4.45. The Balaban J connectivity index is 1.38. The van der Waals surface area contributed by atoms with Crippen LogP contribution in [0.3, 0.4) is 0 Å². The zero-order valence-electron chi connectivity index (χ0n) is 25.4. The molecule has 5 heterocycles. The Morgan fingerprint density at radius 1 is 1.17 bits per heavy atom. The highest BCUT2D eigenvalue weighted by Crippen LogP contribution is 2.42. The average Bonchev–Trinajstić information content (AvgIpc) is 3.55. The Morgan fingerprint density at radius 2 is 2.02 bits per heavy atom. The van der Waals surface area contributed by atoms with Gasteiger partial charge in [-0.3, -0.25) is 9.88 Å². The third-order valence-electron chi connectivity index (χ3n) is 9.69. The Labute approximate surface area is 264 Å². The summed E-state index contributed by atoms with van der Waals surface area (Å²) in [6.07, 6.45) is 8.90. The van der Waals surface area contributed by atoms with Crippen LogP contribution in [0.1, 0.15) is 44.6 Å². The minimum absolute atomic E-state index is 0.00369. The number of aliphatic hydroxyl groups is 1. The molecular formula is C35H33F3N6O2. The maximum Gasteiger partial charge on any atom is 0.319 e. The Bertz CT molecular complexity index is 1940. The van der Waals surface area contributed by atoms with Crippen molar-refractivity contribution in [2.75, 3.05) is 37.7 Å². The van der Waals surface area contributed by atoms with Crippen molar-refractivity contribution in [3.63, 3.8) is 0 Å². The van der Waals surface area contributed by atoms with E-state index in [2.05, 4.69) is 26.9 Å². The van der Waals surface area contributed by atoms with Gasteiger partial charge in [0, 0.05) is 49.6 Å². The van der Waals surface area contributed by atoms with Crippen LogP contribution < -0.4 is 9.64 Å². The number of alkyl halides is 1. The van der Waals surface area contributed by atoms with Crippen molar-refractivity contribution < 1.29 is 23.0 Å². The van der Waals surface area contributed by atoms with Crippen molar-refractivity contribution in [3.05, 3.63) is 53.7 Å². The number of ether oxygens (including phenoxy) is 1. The quantitative estimate of drug-likeness (QED) is 0.278. The van der Waals surface area contributed by atoms with E-state index in [1.807, 2.05) is 4.90 Å². The number of terminal acetylenes is 1. The summed E-state index contributed by atoms with van der Waals surface area (Å²) in [4.78, 5) is 17.7. The summed E-state index contributed by atoms with van der Waals surface area (Å²) < 4.78 is 52.2. The molecule has 0 spiro atoms. The highest BCUT2D eigenvalue weighted by molar-refractivity contribution is 6.02. The lowest BCUT2D eigenvalue weighted by Crippen LogP contribution is -2.50. The molecule has 3 fully saturated rings. The summed E-state index contributed by atoms with van der Waals surface area (Å²) in [6, 6.07) is 10.1. The fourth-order valence-corrected chi connectivity index (χ4v) is 7.82.